The molecule has 2 aromatic heterocycles. The van der Waals surface area contributed by atoms with Crippen molar-refractivity contribution in [2.24, 2.45) is 19.1 Å². The summed E-state index contributed by atoms with van der Waals surface area (Å²) in [4.78, 5) is 33.9. The highest BCUT2D eigenvalue weighted by molar-refractivity contribution is 7.98. The summed E-state index contributed by atoms with van der Waals surface area (Å²) in [6.07, 6.45) is 2.15. The van der Waals surface area contributed by atoms with E-state index < -0.39 is 17.1 Å². The zero-order chi connectivity index (χ0) is 21.6. The van der Waals surface area contributed by atoms with Gasteiger partial charge in [-0.25, -0.2) is 14.5 Å². The van der Waals surface area contributed by atoms with Crippen LogP contribution in [-0.2, 0) is 14.1 Å². The zero-order valence-corrected chi connectivity index (χ0v) is 17.7. The Morgan fingerprint density at radius 2 is 1.87 bits per heavy atom. The van der Waals surface area contributed by atoms with Crippen molar-refractivity contribution in [3.63, 3.8) is 0 Å². The van der Waals surface area contributed by atoms with Crippen LogP contribution in [0, 0.1) is 0 Å². The van der Waals surface area contributed by atoms with Gasteiger partial charge in [-0.15, -0.1) is 5.10 Å². The van der Waals surface area contributed by atoms with Crippen molar-refractivity contribution < 1.29 is 9.84 Å². The van der Waals surface area contributed by atoms with Crippen LogP contribution in [0.4, 0.5) is 5.95 Å². The van der Waals surface area contributed by atoms with Gasteiger partial charge in [0.15, 0.2) is 0 Å². The van der Waals surface area contributed by atoms with Crippen molar-refractivity contribution in [3.05, 3.63) is 56.2 Å². The minimum Gasteiger partial charge on any atom is -0.497 e. The molecule has 30 heavy (non-hydrogen) atoms. The summed E-state index contributed by atoms with van der Waals surface area (Å²) in [6, 6.07) is 7.21. The largest absolute Gasteiger partial charge is 0.497 e. The second-order valence-electron chi connectivity index (χ2n) is 6.80. The van der Waals surface area contributed by atoms with E-state index in [0.29, 0.717) is 16.8 Å². The van der Waals surface area contributed by atoms with E-state index in [4.69, 9.17) is 4.74 Å². The Hall–Kier alpha value is -3.34. The highest BCUT2D eigenvalue weighted by Gasteiger charge is 2.31. The van der Waals surface area contributed by atoms with Crippen LogP contribution in [0.3, 0.4) is 0 Å². The highest BCUT2D eigenvalue weighted by atomic mass is 32.2. The second kappa shape index (κ2) is 7.48. The third-order valence-electron chi connectivity index (χ3n) is 5.12. The summed E-state index contributed by atoms with van der Waals surface area (Å²) in [5, 5.41) is 15.6. The highest BCUT2D eigenvalue weighted by Crippen LogP contribution is 2.35. The van der Waals surface area contributed by atoms with E-state index in [2.05, 4.69) is 15.1 Å². The quantitative estimate of drug-likeness (QED) is 0.621. The molecule has 1 aromatic carbocycles. The molecule has 1 aliphatic heterocycles. The van der Waals surface area contributed by atoms with Gasteiger partial charge in [0, 0.05) is 20.5 Å². The molecule has 11 heteroatoms. The predicted molar refractivity (Wildman–Crippen MR) is 112 cm³/mol. The van der Waals surface area contributed by atoms with Gasteiger partial charge in [-0.05, 0) is 24.0 Å². The molecule has 10 nitrogen and oxygen atoms in total. The van der Waals surface area contributed by atoms with Gasteiger partial charge in [0.05, 0.1) is 18.9 Å². The third-order valence-corrected chi connectivity index (χ3v) is 5.65. The number of aromatic nitrogens is 5. The number of methoxy groups -OCH3 is 1. The average molecular weight is 428 g/mol. The molecule has 3 aromatic rings. The maximum absolute atomic E-state index is 12.8. The molecule has 156 valence electrons. The topological polar surface area (TPSA) is 117 Å². The number of hydrogen-bond donors (Lipinski definition) is 1. The van der Waals surface area contributed by atoms with Crippen LogP contribution in [0.5, 0.6) is 11.6 Å². The molecule has 0 radical (unpaired) electrons. The van der Waals surface area contributed by atoms with Crippen LogP contribution in [-0.4, -0.2) is 48.1 Å². The van der Waals surface area contributed by atoms with Crippen molar-refractivity contribution >= 4 is 23.4 Å². The monoisotopic (exact) mass is 428 g/mol. The average Bonchev–Trinajstić information content (AvgIpc) is 3.19. The van der Waals surface area contributed by atoms with Gasteiger partial charge in [0.25, 0.3) is 5.56 Å². The molecule has 0 spiro atoms. The van der Waals surface area contributed by atoms with Gasteiger partial charge in [-0.3, -0.25) is 13.9 Å². The Balaban J connectivity index is 1.91. The first-order valence-electron chi connectivity index (χ1n) is 9.07. The summed E-state index contributed by atoms with van der Waals surface area (Å²) >= 11 is 1.38. The Kier molecular flexibility index (Phi) is 4.98. The summed E-state index contributed by atoms with van der Waals surface area (Å²) in [5.41, 5.74) is 0.0244. The first kappa shape index (κ1) is 20.0. The summed E-state index contributed by atoms with van der Waals surface area (Å²) in [7, 11) is 4.37. The molecule has 4 rings (SSSR count). The van der Waals surface area contributed by atoms with Gasteiger partial charge < -0.3 is 9.84 Å². The molecule has 0 unspecified atom stereocenters. The fraction of sp³-hybridized carbons (Fsp3) is 0.316. The first-order valence-corrected chi connectivity index (χ1v) is 10.3. The van der Waals surface area contributed by atoms with Crippen LogP contribution < -0.4 is 16.0 Å². The van der Waals surface area contributed by atoms with Crippen LogP contribution in [0.1, 0.15) is 23.6 Å². The van der Waals surface area contributed by atoms with Crippen molar-refractivity contribution in [1.29, 1.82) is 0 Å². The normalized spacial score (nSPS) is 15.6. The van der Waals surface area contributed by atoms with Crippen LogP contribution in [0.2, 0.25) is 0 Å². The maximum atomic E-state index is 12.8. The molecule has 0 bridgehead atoms. The number of aromatic hydroxyl groups is 1. The van der Waals surface area contributed by atoms with Gasteiger partial charge in [0.1, 0.15) is 11.3 Å². The minimum atomic E-state index is -0.614. The third kappa shape index (κ3) is 3.11. The lowest BCUT2D eigenvalue weighted by molar-refractivity contribution is 0.409. The molecule has 0 fully saturated rings. The SMILES string of the molecule is COc1ccc([C@@H]2CC(c3c(O)n(C)c(=O)n(C)c3=O)=Nc3nc(SC)nn32)cc1. The molecule has 0 saturated carbocycles. The summed E-state index contributed by atoms with van der Waals surface area (Å²) < 4.78 is 8.92. The van der Waals surface area contributed by atoms with Crippen molar-refractivity contribution in [2.75, 3.05) is 13.4 Å². The van der Waals surface area contributed by atoms with E-state index in [0.717, 1.165) is 20.4 Å². The van der Waals surface area contributed by atoms with Crippen LogP contribution in [0.15, 0.2) is 44.0 Å². The zero-order valence-electron chi connectivity index (χ0n) is 16.9. The molecule has 1 N–H and O–H groups in total. The molecule has 1 aliphatic rings. The maximum Gasteiger partial charge on any atom is 0.333 e. The van der Waals surface area contributed by atoms with E-state index in [9.17, 15) is 14.7 Å². The van der Waals surface area contributed by atoms with Crippen molar-refractivity contribution in [2.45, 2.75) is 17.6 Å². The van der Waals surface area contributed by atoms with Crippen molar-refractivity contribution in [3.8, 4) is 11.6 Å². The number of rotatable bonds is 4. The second-order valence-corrected chi connectivity index (χ2v) is 7.57. The van der Waals surface area contributed by atoms with E-state index in [-0.39, 0.29) is 18.0 Å². The lowest BCUT2D eigenvalue weighted by Gasteiger charge is -2.24. The van der Waals surface area contributed by atoms with Gasteiger partial charge in [0.2, 0.25) is 17.0 Å². The Morgan fingerprint density at radius 3 is 2.50 bits per heavy atom. The van der Waals surface area contributed by atoms with E-state index in [1.54, 1.807) is 11.8 Å². The minimum absolute atomic E-state index is 0.0157. The lowest BCUT2D eigenvalue weighted by atomic mass is 9.97. The number of fused-ring (bicyclic) bond motifs is 1. The number of thioether (sulfide) groups is 1. The van der Waals surface area contributed by atoms with Gasteiger partial charge in [-0.1, -0.05) is 23.9 Å². The Labute approximate surface area is 175 Å². The van der Waals surface area contributed by atoms with E-state index >= 15 is 0 Å². The standard InChI is InChI=1S/C19H20N6O4S/c1-23-15(26)14(16(27)24(2)19(23)28)12-9-13(10-5-7-11(29-3)8-6-10)25-17(20-12)21-18(22-25)30-4/h5-8,13,26H,9H2,1-4H3/t13-/m0/s1. The van der Waals surface area contributed by atoms with Gasteiger partial charge >= 0.3 is 5.69 Å². The van der Waals surface area contributed by atoms with Gasteiger partial charge in [-0.2, -0.15) is 4.98 Å². The van der Waals surface area contributed by atoms with Crippen LogP contribution >= 0.6 is 11.8 Å². The van der Waals surface area contributed by atoms with E-state index in [1.165, 1.54) is 25.9 Å². The predicted octanol–water partition coefficient (Wildman–Crippen LogP) is 1.23. The molecule has 1 atom stereocenters. The number of benzene rings is 1. The molecule has 3 heterocycles. The Morgan fingerprint density at radius 1 is 1.17 bits per heavy atom. The number of nitrogens with zero attached hydrogens (tertiary/aromatic N) is 6. The Bertz CT molecular complexity index is 1270. The number of ether oxygens (including phenoxy) is 1. The number of hydrogen-bond acceptors (Lipinski definition) is 8. The number of aliphatic imine (C=N–C) groups is 1. The molecule has 0 amide bonds. The lowest BCUT2D eigenvalue weighted by Crippen LogP contribution is -2.40. The fourth-order valence-electron chi connectivity index (χ4n) is 3.43. The van der Waals surface area contributed by atoms with Crippen molar-refractivity contribution in [1.82, 2.24) is 23.9 Å². The smallest absolute Gasteiger partial charge is 0.333 e. The molecule has 0 aliphatic carbocycles. The van der Waals surface area contributed by atoms with E-state index in [1.807, 2.05) is 30.5 Å². The molecular formula is C19H20N6O4S. The summed E-state index contributed by atoms with van der Waals surface area (Å²) in [5.74, 6) is 0.627. The summed E-state index contributed by atoms with van der Waals surface area (Å²) in [6.45, 7) is 0. The first-order chi connectivity index (χ1) is 14.3. The fourth-order valence-corrected chi connectivity index (χ4v) is 3.78. The van der Waals surface area contributed by atoms with Crippen LogP contribution in [0.25, 0.3) is 0 Å². The molecule has 0 saturated heterocycles. The molecular weight excluding hydrogens is 408 g/mol.